The van der Waals surface area contributed by atoms with Crippen molar-refractivity contribution in [3.63, 3.8) is 0 Å². The van der Waals surface area contributed by atoms with Gasteiger partial charge >= 0.3 is 0 Å². The van der Waals surface area contributed by atoms with Gasteiger partial charge in [0.05, 0.1) is 0 Å². The first-order chi connectivity index (χ1) is 5.05. The number of nitrogens with zero attached hydrogens (tertiary/aromatic N) is 1. The van der Waals surface area contributed by atoms with Gasteiger partial charge in [0.2, 0.25) is 0 Å². The monoisotopic (exact) mass is 228 g/mol. The van der Waals surface area contributed by atoms with Crippen molar-refractivity contribution in [2.24, 2.45) is 11.1 Å². The van der Waals surface area contributed by atoms with E-state index in [0.717, 1.165) is 6.54 Å². The average Bonchev–Trinajstić information content (AvgIpc) is 1.86. The molecule has 2 nitrogen and oxygen atoms in total. The van der Waals surface area contributed by atoms with E-state index in [1.54, 1.807) is 0 Å². The minimum absolute atomic E-state index is 0. The Morgan fingerprint density at radius 2 is 1.92 bits per heavy atom. The van der Waals surface area contributed by atoms with Crippen LogP contribution in [0.5, 0.6) is 0 Å². The summed E-state index contributed by atoms with van der Waals surface area (Å²) in [5.41, 5.74) is 6.14. The molecule has 82 valence electrons. The molecule has 1 rings (SSSR count). The summed E-state index contributed by atoms with van der Waals surface area (Å²) in [4.78, 5) is 2.39. The number of piperidine rings is 1. The molecule has 13 heavy (non-hydrogen) atoms. The Kier molecular flexibility index (Phi) is 7.45. The van der Waals surface area contributed by atoms with Crippen LogP contribution in [-0.2, 0) is 0 Å². The summed E-state index contributed by atoms with van der Waals surface area (Å²) in [5.74, 6) is 0. The van der Waals surface area contributed by atoms with Gasteiger partial charge in [-0.1, -0.05) is 13.8 Å². The first-order valence-electron chi connectivity index (χ1n) is 4.45. The number of likely N-dealkylation sites (N-methyl/N-ethyl adjacent to an activating group) is 1. The van der Waals surface area contributed by atoms with Crippen LogP contribution in [0.2, 0.25) is 0 Å². The molecule has 0 amide bonds. The molecule has 0 aliphatic carbocycles. The van der Waals surface area contributed by atoms with Gasteiger partial charge in [-0.05, 0) is 25.3 Å². The van der Waals surface area contributed by atoms with Gasteiger partial charge in [-0.3, -0.25) is 0 Å². The van der Waals surface area contributed by atoms with E-state index < -0.39 is 0 Å². The van der Waals surface area contributed by atoms with Gasteiger partial charge in [0.1, 0.15) is 0 Å². The molecule has 0 aromatic heterocycles. The van der Waals surface area contributed by atoms with E-state index in [2.05, 4.69) is 25.8 Å². The molecule has 1 unspecified atom stereocenters. The van der Waals surface area contributed by atoms with E-state index >= 15 is 0 Å². The lowest BCUT2D eigenvalue weighted by molar-refractivity contribution is 0.0913. The fourth-order valence-electron chi connectivity index (χ4n) is 1.96. The van der Waals surface area contributed by atoms with Gasteiger partial charge in [0.15, 0.2) is 0 Å². The van der Waals surface area contributed by atoms with Gasteiger partial charge in [0, 0.05) is 19.1 Å². The summed E-state index contributed by atoms with van der Waals surface area (Å²) in [6, 6.07) is 0.628. The molecular formula is C9H22Cl2N2. The first-order valence-corrected chi connectivity index (χ1v) is 4.45. The summed E-state index contributed by atoms with van der Waals surface area (Å²) in [6.45, 7) is 6.66. The van der Waals surface area contributed by atoms with Crippen LogP contribution in [-0.4, -0.2) is 31.1 Å². The van der Waals surface area contributed by atoms with Crippen molar-refractivity contribution < 1.29 is 0 Å². The molecule has 1 atom stereocenters. The van der Waals surface area contributed by atoms with E-state index in [1.165, 1.54) is 19.4 Å². The van der Waals surface area contributed by atoms with Gasteiger partial charge in [-0.15, -0.1) is 24.8 Å². The van der Waals surface area contributed by atoms with E-state index in [0.29, 0.717) is 11.5 Å². The molecule has 0 radical (unpaired) electrons. The highest BCUT2D eigenvalue weighted by molar-refractivity contribution is 5.85. The summed E-state index contributed by atoms with van der Waals surface area (Å²) in [7, 11) is 2.18. The number of nitrogens with two attached hydrogens (primary N) is 1. The molecule has 1 heterocycles. The maximum absolute atomic E-state index is 5.64. The maximum atomic E-state index is 5.64. The highest BCUT2D eigenvalue weighted by Crippen LogP contribution is 2.30. The van der Waals surface area contributed by atoms with Gasteiger partial charge in [0.25, 0.3) is 0 Å². The highest BCUT2D eigenvalue weighted by Gasteiger charge is 2.29. The molecule has 0 aromatic rings. The van der Waals surface area contributed by atoms with Crippen LogP contribution < -0.4 is 5.73 Å². The molecular weight excluding hydrogens is 207 g/mol. The Morgan fingerprint density at radius 1 is 1.38 bits per heavy atom. The molecule has 0 bridgehead atoms. The number of rotatable bonds is 1. The molecule has 1 aliphatic heterocycles. The highest BCUT2D eigenvalue weighted by atomic mass is 35.5. The van der Waals surface area contributed by atoms with Crippen LogP contribution in [0, 0.1) is 5.41 Å². The third-order valence-electron chi connectivity index (χ3n) is 2.73. The average molecular weight is 229 g/mol. The van der Waals surface area contributed by atoms with E-state index in [-0.39, 0.29) is 24.8 Å². The van der Waals surface area contributed by atoms with Crippen LogP contribution in [0.3, 0.4) is 0 Å². The van der Waals surface area contributed by atoms with Crippen LogP contribution in [0.4, 0.5) is 0 Å². The molecule has 0 saturated carbocycles. The summed E-state index contributed by atoms with van der Waals surface area (Å²) in [5, 5.41) is 0. The fourth-order valence-corrected chi connectivity index (χ4v) is 1.96. The van der Waals surface area contributed by atoms with E-state index in [4.69, 9.17) is 5.73 Å². The third kappa shape index (κ3) is 4.50. The quantitative estimate of drug-likeness (QED) is 0.744. The lowest BCUT2D eigenvalue weighted by Crippen LogP contribution is -2.47. The first kappa shape index (κ1) is 15.9. The molecule has 4 heteroatoms. The zero-order valence-electron chi connectivity index (χ0n) is 8.75. The molecule has 1 fully saturated rings. The van der Waals surface area contributed by atoms with E-state index in [1.807, 2.05) is 0 Å². The largest absolute Gasteiger partial charge is 0.329 e. The number of halogens is 2. The minimum atomic E-state index is 0. The van der Waals surface area contributed by atoms with Gasteiger partial charge in [-0.25, -0.2) is 0 Å². The van der Waals surface area contributed by atoms with Crippen molar-refractivity contribution in [3.05, 3.63) is 0 Å². The Balaban J connectivity index is 0. The summed E-state index contributed by atoms with van der Waals surface area (Å²) < 4.78 is 0. The van der Waals surface area contributed by atoms with Gasteiger partial charge < -0.3 is 10.6 Å². The molecule has 2 N–H and O–H groups in total. The number of hydrogen-bond acceptors (Lipinski definition) is 2. The fraction of sp³-hybridized carbons (Fsp3) is 1.00. The van der Waals surface area contributed by atoms with Crippen molar-refractivity contribution in [1.29, 1.82) is 0 Å². The van der Waals surface area contributed by atoms with Crippen molar-refractivity contribution >= 4 is 24.8 Å². The molecule has 0 aromatic carbocycles. The maximum Gasteiger partial charge on any atom is 0.0215 e. The minimum Gasteiger partial charge on any atom is -0.329 e. The Labute approximate surface area is 94.1 Å². The zero-order valence-corrected chi connectivity index (χ0v) is 10.4. The number of hydrogen-bond donors (Lipinski definition) is 1. The van der Waals surface area contributed by atoms with Crippen molar-refractivity contribution in [1.82, 2.24) is 4.90 Å². The Bertz CT molecular complexity index is 140. The molecule has 1 aliphatic rings. The Hall–Kier alpha value is 0.500. The van der Waals surface area contributed by atoms with Crippen molar-refractivity contribution in [2.75, 3.05) is 20.1 Å². The second-order valence-electron chi connectivity index (χ2n) is 4.51. The van der Waals surface area contributed by atoms with Gasteiger partial charge in [-0.2, -0.15) is 0 Å². The van der Waals surface area contributed by atoms with Crippen LogP contribution >= 0.6 is 24.8 Å². The normalized spacial score (nSPS) is 27.2. The predicted octanol–water partition coefficient (Wildman–Crippen LogP) is 1.91. The van der Waals surface area contributed by atoms with Crippen molar-refractivity contribution in [3.8, 4) is 0 Å². The molecule has 0 spiro atoms. The third-order valence-corrected chi connectivity index (χ3v) is 2.73. The molecule has 1 saturated heterocycles. The van der Waals surface area contributed by atoms with Crippen LogP contribution in [0.1, 0.15) is 26.7 Å². The standard InChI is InChI=1S/C9H20N2.2ClH/c1-9(2)5-4-8(6-10)11(3)7-9;;/h8H,4-7,10H2,1-3H3;2*1H. The summed E-state index contributed by atoms with van der Waals surface area (Å²) >= 11 is 0. The van der Waals surface area contributed by atoms with Crippen LogP contribution in [0.25, 0.3) is 0 Å². The second kappa shape index (κ2) is 6.07. The summed E-state index contributed by atoms with van der Waals surface area (Å²) in [6.07, 6.45) is 2.58. The smallest absolute Gasteiger partial charge is 0.0215 e. The lowest BCUT2D eigenvalue weighted by atomic mass is 9.81. The number of likely N-dealkylation sites (tertiary alicyclic amines) is 1. The SMILES string of the molecule is CN1CC(C)(C)CCC1CN.Cl.Cl. The zero-order chi connectivity index (χ0) is 8.48. The topological polar surface area (TPSA) is 29.3 Å². The Morgan fingerprint density at radius 3 is 2.31 bits per heavy atom. The second-order valence-corrected chi connectivity index (χ2v) is 4.51. The van der Waals surface area contributed by atoms with Crippen molar-refractivity contribution in [2.45, 2.75) is 32.7 Å². The lowest BCUT2D eigenvalue weighted by Gasteiger charge is -2.41. The van der Waals surface area contributed by atoms with E-state index in [9.17, 15) is 0 Å². The predicted molar refractivity (Wildman–Crippen MR) is 63.0 cm³/mol. The van der Waals surface area contributed by atoms with Crippen LogP contribution in [0.15, 0.2) is 0 Å².